The number of nitrogens with one attached hydrogen (secondary N) is 2. The highest BCUT2D eigenvalue weighted by Crippen LogP contribution is 2.38. The quantitative estimate of drug-likeness (QED) is 0.478. The van der Waals surface area contributed by atoms with Crippen molar-refractivity contribution >= 4 is 44.5 Å². The molecule has 32 heavy (non-hydrogen) atoms. The third-order valence-corrected chi connectivity index (χ3v) is 8.34. The Morgan fingerprint density at radius 2 is 1.09 bits per heavy atom. The van der Waals surface area contributed by atoms with Crippen LogP contribution in [0.25, 0.3) is 0 Å². The second-order valence-electron chi connectivity index (χ2n) is 8.07. The normalized spacial score (nSPS) is 15.6. The van der Waals surface area contributed by atoms with E-state index in [2.05, 4.69) is 22.8 Å². The minimum Gasteiger partial charge on any atom is -0.313 e. The molecule has 4 rings (SSSR count). The van der Waals surface area contributed by atoms with Crippen LogP contribution in [0.15, 0.2) is 12.2 Å². The Balaban J connectivity index is 1.42. The third-order valence-electron chi connectivity index (χ3n) is 5.93. The van der Waals surface area contributed by atoms with Gasteiger partial charge < -0.3 is 10.6 Å². The van der Waals surface area contributed by atoms with Gasteiger partial charge in [-0.25, -0.2) is 0 Å². The minimum absolute atomic E-state index is 0.449. The van der Waals surface area contributed by atoms with Gasteiger partial charge in [-0.1, -0.05) is 12.8 Å². The second-order valence-corrected chi connectivity index (χ2v) is 10.3. The molecular formula is C24H24N4O2S2. The molecule has 0 radical (unpaired) electrons. The van der Waals surface area contributed by atoms with Gasteiger partial charge in [0.25, 0.3) is 0 Å². The summed E-state index contributed by atoms with van der Waals surface area (Å²) < 4.78 is 0. The molecule has 2 aromatic heterocycles. The molecule has 2 aromatic rings. The fraction of sp³-hybridized carbons (Fsp3) is 0.417. The number of amides is 2. The van der Waals surface area contributed by atoms with E-state index in [1.807, 2.05) is 0 Å². The van der Waals surface area contributed by atoms with Crippen LogP contribution in [0.1, 0.15) is 70.5 Å². The number of carbonyl (C=O) groups excluding carboxylic acids is 2. The van der Waals surface area contributed by atoms with E-state index in [-0.39, 0.29) is 0 Å². The molecule has 0 aliphatic heterocycles. The van der Waals surface area contributed by atoms with Gasteiger partial charge in [-0.05, 0) is 62.5 Å². The number of fused-ring (bicyclic) bond motifs is 2. The minimum atomic E-state index is -0.449. The lowest BCUT2D eigenvalue weighted by Gasteiger charge is -2.02. The summed E-state index contributed by atoms with van der Waals surface area (Å²) in [7, 11) is 0. The highest BCUT2D eigenvalue weighted by atomic mass is 32.1. The number of rotatable bonds is 4. The van der Waals surface area contributed by atoms with Crippen LogP contribution in [-0.4, -0.2) is 11.8 Å². The van der Waals surface area contributed by atoms with Crippen LogP contribution >= 0.6 is 22.7 Å². The second kappa shape index (κ2) is 10.1. The van der Waals surface area contributed by atoms with Crippen LogP contribution in [0.2, 0.25) is 0 Å². The predicted octanol–water partition coefficient (Wildman–Crippen LogP) is 5.22. The van der Waals surface area contributed by atoms with Gasteiger partial charge in [0.1, 0.15) is 22.1 Å². The maximum atomic E-state index is 12.4. The highest BCUT2D eigenvalue weighted by Gasteiger charge is 2.22. The van der Waals surface area contributed by atoms with E-state index >= 15 is 0 Å². The first-order valence-electron chi connectivity index (χ1n) is 11.0. The Kier molecular flexibility index (Phi) is 7.04. The molecule has 0 saturated heterocycles. The zero-order valence-electron chi connectivity index (χ0n) is 17.8. The molecule has 0 fully saturated rings. The summed E-state index contributed by atoms with van der Waals surface area (Å²) in [6.07, 6.45) is 12.6. The van der Waals surface area contributed by atoms with Crippen molar-refractivity contribution in [3.63, 3.8) is 0 Å². The van der Waals surface area contributed by atoms with Crippen LogP contribution in [0, 0.1) is 22.7 Å². The smallest absolute Gasteiger partial charge is 0.249 e. The fourth-order valence-electron chi connectivity index (χ4n) is 4.36. The number of hydrogen-bond acceptors (Lipinski definition) is 6. The molecule has 0 spiro atoms. The fourth-order valence-corrected chi connectivity index (χ4v) is 6.84. The molecule has 164 valence electrons. The van der Waals surface area contributed by atoms with Crippen molar-refractivity contribution in [2.45, 2.75) is 64.2 Å². The Morgan fingerprint density at radius 3 is 1.50 bits per heavy atom. The van der Waals surface area contributed by atoms with Gasteiger partial charge in [0, 0.05) is 21.9 Å². The van der Waals surface area contributed by atoms with Gasteiger partial charge in [0.2, 0.25) is 11.8 Å². The monoisotopic (exact) mass is 464 g/mol. The Hall–Kier alpha value is -2.94. The molecule has 8 heteroatoms. The number of nitrogens with zero attached hydrogens (tertiary/aromatic N) is 2. The maximum Gasteiger partial charge on any atom is 0.249 e. The van der Waals surface area contributed by atoms with Crippen molar-refractivity contribution in [2.75, 3.05) is 10.6 Å². The lowest BCUT2D eigenvalue weighted by Crippen LogP contribution is -2.12. The van der Waals surface area contributed by atoms with E-state index in [0.717, 1.165) is 75.3 Å². The van der Waals surface area contributed by atoms with Gasteiger partial charge in [0.05, 0.1) is 11.1 Å². The third kappa shape index (κ3) is 4.77. The van der Waals surface area contributed by atoms with Crippen LogP contribution in [0.5, 0.6) is 0 Å². The first-order chi connectivity index (χ1) is 15.6. The summed E-state index contributed by atoms with van der Waals surface area (Å²) in [5, 5.41) is 25.8. The largest absolute Gasteiger partial charge is 0.313 e. The summed E-state index contributed by atoms with van der Waals surface area (Å²) in [5.74, 6) is -0.897. The van der Waals surface area contributed by atoms with Crippen molar-refractivity contribution in [1.82, 2.24) is 0 Å². The van der Waals surface area contributed by atoms with E-state index in [4.69, 9.17) is 0 Å². The van der Waals surface area contributed by atoms with Gasteiger partial charge >= 0.3 is 0 Å². The van der Waals surface area contributed by atoms with Gasteiger partial charge in [0.15, 0.2) is 0 Å². The van der Waals surface area contributed by atoms with Crippen molar-refractivity contribution in [3.05, 3.63) is 44.2 Å². The Labute approximate surface area is 195 Å². The average Bonchev–Trinajstić information content (AvgIpc) is 3.04. The zero-order valence-corrected chi connectivity index (χ0v) is 19.4. The van der Waals surface area contributed by atoms with E-state index in [0.29, 0.717) is 21.1 Å². The topological polar surface area (TPSA) is 106 Å². The van der Waals surface area contributed by atoms with E-state index in [1.54, 1.807) is 0 Å². The number of thiophene rings is 2. The highest BCUT2D eigenvalue weighted by molar-refractivity contribution is 7.17. The molecule has 0 aromatic carbocycles. The average molecular weight is 465 g/mol. The van der Waals surface area contributed by atoms with Crippen LogP contribution in [0.4, 0.5) is 10.0 Å². The van der Waals surface area contributed by atoms with E-state index < -0.39 is 11.8 Å². The molecule has 2 aliphatic carbocycles. The molecule has 2 aliphatic rings. The van der Waals surface area contributed by atoms with Crippen LogP contribution in [-0.2, 0) is 35.3 Å². The van der Waals surface area contributed by atoms with Crippen LogP contribution < -0.4 is 10.6 Å². The maximum absolute atomic E-state index is 12.4. The summed E-state index contributed by atoms with van der Waals surface area (Å²) in [4.78, 5) is 27.2. The first-order valence-corrected chi connectivity index (χ1v) is 12.6. The predicted molar refractivity (Wildman–Crippen MR) is 127 cm³/mol. The van der Waals surface area contributed by atoms with E-state index in [9.17, 15) is 20.1 Å². The molecule has 2 N–H and O–H groups in total. The molecule has 0 bridgehead atoms. The lowest BCUT2D eigenvalue weighted by atomic mass is 10.1. The van der Waals surface area contributed by atoms with Crippen molar-refractivity contribution in [3.8, 4) is 12.1 Å². The van der Waals surface area contributed by atoms with Crippen LogP contribution in [0.3, 0.4) is 0 Å². The lowest BCUT2D eigenvalue weighted by molar-refractivity contribution is -0.114. The molecule has 2 heterocycles. The first kappa shape index (κ1) is 22.3. The van der Waals surface area contributed by atoms with Crippen molar-refractivity contribution < 1.29 is 9.59 Å². The number of carbonyl (C=O) groups is 2. The Bertz CT molecular complexity index is 1070. The number of anilines is 2. The van der Waals surface area contributed by atoms with Gasteiger partial charge in [-0.2, -0.15) is 10.5 Å². The summed E-state index contributed by atoms with van der Waals surface area (Å²) in [5.41, 5.74) is 3.23. The molecular weight excluding hydrogens is 440 g/mol. The summed E-state index contributed by atoms with van der Waals surface area (Å²) >= 11 is 2.93. The standard InChI is InChI=1S/C24H24N4O2S2/c25-13-17-15-7-3-1-5-9-19(15)31-23(17)27-21(29)11-12-22(30)28-24-18(14-26)16-8-4-2-6-10-20(16)32-24/h11-12H,1-10H2,(H,27,29)(H,28,30). The number of nitriles is 2. The molecule has 0 unspecified atom stereocenters. The molecule has 2 amide bonds. The zero-order chi connectivity index (χ0) is 22.5. The molecule has 0 saturated carbocycles. The molecule has 0 atom stereocenters. The van der Waals surface area contributed by atoms with Crippen molar-refractivity contribution in [2.24, 2.45) is 0 Å². The summed E-state index contributed by atoms with van der Waals surface area (Å²) in [6, 6.07) is 4.48. The Morgan fingerprint density at radius 1 is 0.688 bits per heavy atom. The summed E-state index contributed by atoms with van der Waals surface area (Å²) in [6.45, 7) is 0. The number of aryl methyl sites for hydroxylation is 2. The van der Waals surface area contributed by atoms with Gasteiger partial charge in [-0.3, -0.25) is 9.59 Å². The number of hydrogen-bond donors (Lipinski definition) is 2. The van der Waals surface area contributed by atoms with E-state index in [1.165, 1.54) is 44.6 Å². The van der Waals surface area contributed by atoms with Crippen molar-refractivity contribution in [1.29, 1.82) is 10.5 Å². The van der Waals surface area contributed by atoms with Gasteiger partial charge in [-0.15, -0.1) is 22.7 Å². The molecule has 6 nitrogen and oxygen atoms in total. The SMILES string of the molecule is N#Cc1c(NC(=O)C=CC(=O)Nc2sc3c(c2C#N)CCCCC3)sc2c1CCCCC2.